The van der Waals surface area contributed by atoms with E-state index < -0.39 is 5.41 Å². The van der Waals surface area contributed by atoms with Gasteiger partial charge < -0.3 is 15.9 Å². The van der Waals surface area contributed by atoms with Gasteiger partial charge in [0.2, 0.25) is 0 Å². The number of nitrogens with two attached hydrogens (primary N) is 1. The van der Waals surface area contributed by atoms with Gasteiger partial charge in [0.1, 0.15) is 5.75 Å². The van der Waals surface area contributed by atoms with Crippen molar-refractivity contribution in [3.8, 4) is 5.75 Å². The summed E-state index contributed by atoms with van der Waals surface area (Å²) in [6, 6.07) is 3.36. The van der Waals surface area contributed by atoms with Crippen LogP contribution in [0.5, 0.6) is 5.75 Å². The molecule has 3 nitrogen and oxygen atoms in total. The van der Waals surface area contributed by atoms with E-state index in [1.54, 1.807) is 0 Å². The van der Waals surface area contributed by atoms with Crippen molar-refractivity contribution in [2.45, 2.75) is 19.9 Å². The topological polar surface area (TPSA) is 66.5 Å². The van der Waals surface area contributed by atoms with Crippen LogP contribution in [0.3, 0.4) is 0 Å². The van der Waals surface area contributed by atoms with E-state index in [1.807, 2.05) is 26.0 Å². The summed E-state index contributed by atoms with van der Waals surface area (Å²) in [6.45, 7) is 3.74. The molecule has 1 aromatic carbocycles. The zero-order chi connectivity index (χ0) is 12.5. The molecule has 1 aromatic rings. The van der Waals surface area contributed by atoms with Gasteiger partial charge in [-0.15, -0.1) is 12.4 Å². The van der Waals surface area contributed by atoms with Crippen LogP contribution in [0.15, 0.2) is 12.1 Å². The Balaban J connectivity index is 0.00000256. The molecule has 0 radical (unpaired) electrons. The van der Waals surface area contributed by atoms with E-state index in [2.05, 4.69) is 45.2 Å². The minimum Gasteiger partial charge on any atom is -0.506 e. The number of halogens is 3. The van der Waals surface area contributed by atoms with Gasteiger partial charge in [0.15, 0.2) is 0 Å². The van der Waals surface area contributed by atoms with E-state index in [0.717, 1.165) is 7.14 Å². The van der Waals surface area contributed by atoms with Crippen molar-refractivity contribution in [1.29, 1.82) is 0 Å². The predicted octanol–water partition coefficient (Wildman–Crippen LogP) is 3.04. The van der Waals surface area contributed by atoms with Crippen LogP contribution in [-0.2, 0) is 0 Å². The molecule has 0 aliphatic rings. The average molecular weight is 484 g/mol. The van der Waals surface area contributed by atoms with Gasteiger partial charge in [0, 0.05) is 27.2 Å². The molecule has 98 valence electrons. The highest BCUT2D eigenvalue weighted by Gasteiger charge is 2.29. The first-order chi connectivity index (χ1) is 7.29. The van der Waals surface area contributed by atoms with Crippen LogP contribution in [0.25, 0.3) is 0 Å². The highest BCUT2D eigenvalue weighted by molar-refractivity contribution is 14.1. The highest BCUT2D eigenvalue weighted by Crippen LogP contribution is 2.38. The Kier molecular flexibility index (Phi) is 7.01. The fourth-order valence-electron chi connectivity index (χ4n) is 1.34. The van der Waals surface area contributed by atoms with Crippen molar-refractivity contribution in [3.05, 3.63) is 24.8 Å². The number of aliphatic hydroxyl groups excluding tert-OH is 1. The molecule has 17 heavy (non-hydrogen) atoms. The van der Waals surface area contributed by atoms with E-state index in [4.69, 9.17) is 5.73 Å². The molecule has 0 aromatic heterocycles. The molecule has 0 fully saturated rings. The molecular weight excluding hydrogens is 467 g/mol. The van der Waals surface area contributed by atoms with Gasteiger partial charge in [0.05, 0.1) is 3.57 Å². The normalized spacial score (nSPS) is 13.1. The van der Waals surface area contributed by atoms with Crippen LogP contribution in [0, 0.1) is 12.6 Å². The van der Waals surface area contributed by atoms with Crippen LogP contribution >= 0.6 is 57.6 Å². The second kappa shape index (κ2) is 6.74. The number of benzene rings is 1. The first-order valence-electron chi connectivity index (χ1n) is 4.84. The first kappa shape index (κ1) is 17.7. The summed E-state index contributed by atoms with van der Waals surface area (Å²) < 4.78 is 1.81. The Labute approximate surface area is 135 Å². The molecule has 0 spiro atoms. The van der Waals surface area contributed by atoms with Gasteiger partial charge in [-0.1, -0.05) is 13.8 Å². The summed E-state index contributed by atoms with van der Waals surface area (Å²) in [7, 11) is 0. The number of aromatic hydroxyl groups is 1. The van der Waals surface area contributed by atoms with Gasteiger partial charge >= 0.3 is 0 Å². The van der Waals surface area contributed by atoms with Gasteiger partial charge in [0.25, 0.3) is 0 Å². The minimum absolute atomic E-state index is 0. The monoisotopic (exact) mass is 483 g/mol. The molecule has 0 saturated heterocycles. The Morgan fingerprint density at radius 2 is 1.88 bits per heavy atom. The number of phenols is 1. The zero-order valence-electron chi connectivity index (χ0n) is 9.58. The average Bonchev–Trinajstić information content (AvgIpc) is 2.22. The Hall–Kier alpha value is 0.690. The highest BCUT2D eigenvalue weighted by atomic mass is 127. The fourth-order valence-corrected chi connectivity index (χ4v) is 3.23. The molecule has 1 atom stereocenters. The number of hydrogen-bond donors (Lipinski definition) is 3. The second-order valence-electron chi connectivity index (χ2n) is 4.45. The fraction of sp³-hybridized carbons (Fsp3) is 0.455. The van der Waals surface area contributed by atoms with E-state index in [1.165, 1.54) is 0 Å². The lowest BCUT2D eigenvalue weighted by Gasteiger charge is -2.30. The molecule has 6 heteroatoms. The quantitative estimate of drug-likeness (QED) is 0.579. The maximum atomic E-state index is 9.98. The third-order valence-electron chi connectivity index (χ3n) is 2.64. The molecule has 0 aliphatic heterocycles. The Morgan fingerprint density at radius 3 is 2.35 bits per heavy atom. The maximum absolute atomic E-state index is 9.98. The molecule has 4 N–H and O–H groups in total. The Morgan fingerprint density at radius 1 is 1.35 bits per heavy atom. The third-order valence-corrected chi connectivity index (χ3v) is 4.09. The summed E-state index contributed by atoms with van der Waals surface area (Å²) >= 11 is 4.26. The largest absolute Gasteiger partial charge is 0.506 e. The summed E-state index contributed by atoms with van der Waals surface area (Å²) in [6.07, 6.45) is 0. The molecule has 1 rings (SSSR count). The smallest absolute Gasteiger partial charge is 0.133 e. The number of aliphatic hydroxyl groups is 1. The minimum atomic E-state index is -0.453. The van der Waals surface area contributed by atoms with Crippen LogP contribution < -0.4 is 5.73 Å². The summed E-state index contributed by atoms with van der Waals surface area (Å²) in [4.78, 5) is 0. The van der Waals surface area contributed by atoms with E-state index >= 15 is 0 Å². The molecule has 0 saturated carbocycles. The molecular formula is C11H16ClI2NO2. The Bertz CT molecular complexity index is 399. The van der Waals surface area contributed by atoms with Gasteiger partial charge in [-0.3, -0.25) is 0 Å². The number of rotatable bonds is 3. The molecule has 0 unspecified atom stereocenters. The lowest BCUT2D eigenvalue weighted by molar-refractivity contribution is 0.131. The van der Waals surface area contributed by atoms with Crippen molar-refractivity contribution < 1.29 is 10.2 Å². The maximum Gasteiger partial charge on any atom is 0.133 e. The van der Waals surface area contributed by atoms with Crippen molar-refractivity contribution in [2.24, 2.45) is 11.1 Å². The zero-order valence-corrected chi connectivity index (χ0v) is 14.7. The molecule has 0 heterocycles. The van der Waals surface area contributed by atoms with E-state index in [9.17, 15) is 10.2 Å². The molecule has 0 amide bonds. The molecule has 0 bridgehead atoms. The lowest BCUT2D eigenvalue weighted by Crippen LogP contribution is -2.32. The molecule has 0 aliphatic carbocycles. The van der Waals surface area contributed by atoms with Crippen molar-refractivity contribution >= 4 is 57.6 Å². The van der Waals surface area contributed by atoms with Crippen LogP contribution in [-0.4, -0.2) is 16.8 Å². The van der Waals surface area contributed by atoms with Crippen LogP contribution in [0.4, 0.5) is 0 Å². The van der Waals surface area contributed by atoms with Crippen molar-refractivity contribution in [3.63, 3.8) is 0 Å². The lowest BCUT2D eigenvalue weighted by atomic mass is 9.81. The van der Waals surface area contributed by atoms with Gasteiger partial charge in [-0.25, -0.2) is 0 Å². The summed E-state index contributed by atoms with van der Waals surface area (Å²) in [5, 5.41) is 19.3. The predicted molar refractivity (Wildman–Crippen MR) is 88.6 cm³/mol. The van der Waals surface area contributed by atoms with Crippen molar-refractivity contribution in [1.82, 2.24) is 0 Å². The standard InChI is InChI=1S/C11H15I2NO2.ClH/c1-11(2,5-15)10(14)7-3-6(12)4-8(13)9(7)16;/h3-4,10,15-16H,5,14H2,1-2H3;1H/t10-;/m1./s1. The SMILES string of the molecule is CC(C)(CO)[C@H](N)c1cc(I)cc(I)c1O.Cl. The number of phenolic OH excluding ortho intramolecular Hbond substituents is 1. The van der Waals surface area contributed by atoms with Gasteiger partial charge in [-0.2, -0.15) is 0 Å². The van der Waals surface area contributed by atoms with E-state index in [0.29, 0.717) is 5.56 Å². The van der Waals surface area contributed by atoms with Crippen molar-refractivity contribution in [2.75, 3.05) is 6.61 Å². The van der Waals surface area contributed by atoms with E-state index in [-0.39, 0.29) is 30.8 Å². The van der Waals surface area contributed by atoms with Crippen LogP contribution in [0.1, 0.15) is 25.5 Å². The first-order valence-corrected chi connectivity index (χ1v) is 6.99. The summed E-state index contributed by atoms with van der Waals surface area (Å²) in [5.74, 6) is 0.218. The van der Waals surface area contributed by atoms with Crippen LogP contribution in [0.2, 0.25) is 0 Å². The summed E-state index contributed by atoms with van der Waals surface area (Å²) in [5.41, 5.74) is 6.33. The van der Waals surface area contributed by atoms with Gasteiger partial charge in [-0.05, 0) is 57.3 Å². The number of hydrogen-bond acceptors (Lipinski definition) is 3. The second-order valence-corrected chi connectivity index (χ2v) is 6.86. The third kappa shape index (κ3) is 4.09.